The summed E-state index contributed by atoms with van der Waals surface area (Å²) in [7, 11) is 1.33. The number of carbonyl (C=O) groups is 2. The predicted octanol–water partition coefficient (Wildman–Crippen LogP) is 1.48. The fourth-order valence-corrected chi connectivity index (χ4v) is 2.20. The van der Waals surface area contributed by atoms with E-state index in [2.05, 4.69) is 4.74 Å². The molecular formula is C10H18O4S. The summed E-state index contributed by atoms with van der Waals surface area (Å²) < 4.78 is 9.56. The molecule has 0 aromatic carbocycles. The number of thioether (sulfide) groups is 1. The van der Waals surface area contributed by atoms with Crippen molar-refractivity contribution in [3.05, 3.63) is 0 Å². The van der Waals surface area contributed by atoms with Gasteiger partial charge in [0.05, 0.1) is 19.6 Å². The molecule has 4 nitrogen and oxygen atoms in total. The van der Waals surface area contributed by atoms with E-state index in [1.54, 1.807) is 13.2 Å². The molecule has 0 saturated heterocycles. The van der Waals surface area contributed by atoms with Gasteiger partial charge in [0.15, 0.2) is 0 Å². The second-order valence-electron chi connectivity index (χ2n) is 2.95. The molecule has 0 N–H and O–H groups in total. The molecule has 0 aromatic heterocycles. The van der Waals surface area contributed by atoms with E-state index in [0.717, 1.165) is 0 Å². The molecule has 5 heteroatoms. The van der Waals surface area contributed by atoms with Crippen molar-refractivity contribution in [1.82, 2.24) is 0 Å². The number of ether oxygens (including phenoxy) is 2. The number of esters is 2. The highest BCUT2D eigenvalue weighted by Crippen LogP contribution is 2.23. The van der Waals surface area contributed by atoms with Crippen molar-refractivity contribution in [2.75, 3.05) is 20.0 Å². The molecule has 15 heavy (non-hydrogen) atoms. The first-order valence-corrected chi connectivity index (χ1v) is 6.18. The lowest BCUT2D eigenvalue weighted by molar-refractivity contribution is -0.152. The fraction of sp³-hybridized carbons (Fsp3) is 0.800. The number of methoxy groups -OCH3 is 1. The maximum atomic E-state index is 11.5. The summed E-state index contributed by atoms with van der Waals surface area (Å²) in [4.78, 5) is 23.0. The van der Waals surface area contributed by atoms with Gasteiger partial charge in [0.2, 0.25) is 0 Å². The van der Waals surface area contributed by atoms with E-state index in [1.165, 1.54) is 18.9 Å². The second-order valence-corrected chi connectivity index (χ2v) is 3.93. The van der Waals surface area contributed by atoms with Crippen LogP contribution in [0, 0.1) is 5.92 Å². The summed E-state index contributed by atoms with van der Waals surface area (Å²) in [6.07, 6.45) is 2.35. The van der Waals surface area contributed by atoms with Crippen LogP contribution in [0.1, 0.15) is 20.3 Å². The van der Waals surface area contributed by atoms with Gasteiger partial charge in [-0.15, -0.1) is 11.8 Å². The molecule has 0 spiro atoms. The summed E-state index contributed by atoms with van der Waals surface area (Å²) in [6, 6.07) is 0. The number of rotatable bonds is 6. The first-order chi connectivity index (χ1) is 7.12. The van der Waals surface area contributed by atoms with Gasteiger partial charge in [-0.2, -0.15) is 0 Å². The van der Waals surface area contributed by atoms with E-state index in [-0.39, 0.29) is 11.9 Å². The largest absolute Gasteiger partial charge is 0.469 e. The molecule has 0 aliphatic heterocycles. The van der Waals surface area contributed by atoms with Crippen LogP contribution in [-0.4, -0.2) is 37.2 Å². The summed E-state index contributed by atoms with van der Waals surface area (Å²) in [5.41, 5.74) is 0. The van der Waals surface area contributed by atoms with Gasteiger partial charge in [0.25, 0.3) is 0 Å². The average molecular weight is 234 g/mol. The zero-order valence-corrected chi connectivity index (χ0v) is 10.4. The van der Waals surface area contributed by atoms with E-state index in [9.17, 15) is 9.59 Å². The highest BCUT2D eigenvalue weighted by atomic mass is 32.2. The van der Waals surface area contributed by atoms with Crippen LogP contribution in [0.5, 0.6) is 0 Å². The summed E-state index contributed by atoms with van der Waals surface area (Å²) in [5, 5.41) is -0.470. The Morgan fingerprint density at radius 3 is 2.20 bits per heavy atom. The van der Waals surface area contributed by atoms with Crippen molar-refractivity contribution in [3.8, 4) is 0 Å². The predicted molar refractivity (Wildman–Crippen MR) is 59.7 cm³/mol. The lowest BCUT2D eigenvalue weighted by Crippen LogP contribution is -2.34. The quantitative estimate of drug-likeness (QED) is 0.652. The van der Waals surface area contributed by atoms with Gasteiger partial charge >= 0.3 is 11.9 Å². The Bertz CT molecular complexity index is 217. The molecule has 0 aliphatic carbocycles. The molecule has 0 unspecified atom stereocenters. The topological polar surface area (TPSA) is 52.6 Å². The molecule has 0 rings (SSSR count). The van der Waals surface area contributed by atoms with Crippen LogP contribution >= 0.6 is 11.8 Å². The molecule has 0 bridgehead atoms. The third-order valence-electron chi connectivity index (χ3n) is 2.08. The minimum absolute atomic E-state index is 0.327. The minimum atomic E-state index is -0.470. The molecule has 0 amide bonds. The molecule has 2 atom stereocenters. The van der Waals surface area contributed by atoms with E-state index >= 15 is 0 Å². The standard InChI is InChI=1S/C10H18O4S/c1-5-7(9(11)13-3)8(15-4)10(12)14-6-2/h7-8H,5-6H2,1-4H3/t7-,8+/m0/s1. The molecule has 0 radical (unpaired) electrons. The third-order valence-corrected chi connectivity index (χ3v) is 3.11. The number of hydrogen-bond donors (Lipinski definition) is 0. The monoisotopic (exact) mass is 234 g/mol. The van der Waals surface area contributed by atoms with Crippen LogP contribution in [0.25, 0.3) is 0 Å². The lowest BCUT2D eigenvalue weighted by atomic mass is 10.0. The molecule has 0 aliphatic rings. The van der Waals surface area contributed by atoms with Crippen LogP contribution in [0.4, 0.5) is 0 Å². The van der Waals surface area contributed by atoms with Crippen LogP contribution in [-0.2, 0) is 19.1 Å². The lowest BCUT2D eigenvalue weighted by Gasteiger charge is -2.20. The molecule has 0 saturated carbocycles. The van der Waals surface area contributed by atoms with Crippen molar-refractivity contribution in [2.24, 2.45) is 5.92 Å². The first kappa shape index (κ1) is 14.3. The van der Waals surface area contributed by atoms with E-state index in [0.29, 0.717) is 13.0 Å². The van der Waals surface area contributed by atoms with Gasteiger partial charge in [-0.3, -0.25) is 9.59 Å². The molecular weight excluding hydrogens is 216 g/mol. The van der Waals surface area contributed by atoms with Crippen molar-refractivity contribution in [3.63, 3.8) is 0 Å². The van der Waals surface area contributed by atoms with Crippen molar-refractivity contribution in [1.29, 1.82) is 0 Å². The Labute approximate surface area is 94.7 Å². The molecule has 88 valence electrons. The highest BCUT2D eigenvalue weighted by Gasteiger charge is 2.33. The van der Waals surface area contributed by atoms with Gasteiger partial charge < -0.3 is 9.47 Å². The summed E-state index contributed by atoms with van der Waals surface area (Å²) >= 11 is 1.32. The van der Waals surface area contributed by atoms with Gasteiger partial charge in [-0.1, -0.05) is 6.92 Å². The van der Waals surface area contributed by atoms with E-state index < -0.39 is 11.2 Å². The Hall–Kier alpha value is -0.710. The van der Waals surface area contributed by atoms with Crippen LogP contribution in [0.15, 0.2) is 0 Å². The van der Waals surface area contributed by atoms with Crippen LogP contribution < -0.4 is 0 Å². The minimum Gasteiger partial charge on any atom is -0.469 e. The van der Waals surface area contributed by atoms with Gasteiger partial charge in [-0.05, 0) is 19.6 Å². The van der Waals surface area contributed by atoms with Crippen molar-refractivity contribution >= 4 is 23.7 Å². The Morgan fingerprint density at radius 2 is 1.87 bits per heavy atom. The highest BCUT2D eigenvalue weighted by molar-refractivity contribution is 7.99. The Balaban J connectivity index is 4.60. The third kappa shape index (κ3) is 4.11. The zero-order valence-electron chi connectivity index (χ0n) is 9.61. The molecule has 0 aromatic rings. The first-order valence-electron chi connectivity index (χ1n) is 4.89. The second kappa shape index (κ2) is 7.56. The smallest absolute Gasteiger partial charge is 0.319 e. The van der Waals surface area contributed by atoms with Gasteiger partial charge in [-0.25, -0.2) is 0 Å². The fourth-order valence-electron chi connectivity index (χ4n) is 1.30. The molecule has 0 heterocycles. The Morgan fingerprint density at radius 1 is 1.27 bits per heavy atom. The maximum Gasteiger partial charge on any atom is 0.319 e. The number of carbonyl (C=O) groups excluding carboxylic acids is 2. The zero-order chi connectivity index (χ0) is 11.8. The summed E-state index contributed by atoms with van der Waals surface area (Å²) in [5.74, 6) is -1.13. The van der Waals surface area contributed by atoms with Crippen LogP contribution in [0.2, 0.25) is 0 Å². The maximum absolute atomic E-state index is 11.5. The average Bonchev–Trinajstić information content (AvgIpc) is 2.24. The SMILES string of the molecule is CCOC(=O)[C@H](SC)[C@H](CC)C(=O)OC. The number of hydrogen-bond acceptors (Lipinski definition) is 5. The summed E-state index contributed by atoms with van der Waals surface area (Å²) in [6.45, 7) is 3.92. The van der Waals surface area contributed by atoms with Crippen molar-refractivity contribution < 1.29 is 19.1 Å². The van der Waals surface area contributed by atoms with Gasteiger partial charge in [0, 0.05) is 0 Å². The van der Waals surface area contributed by atoms with E-state index in [1.807, 2.05) is 6.92 Å². The normalized spacial score (nSPS) is 14.1. The van der Waals surface area contributed by atoms with Crippen molar-refractivity contribution in [2.45, 2.75) is 25.5 Å². The van der Waals surface area contributed by atoms with Crippen LogP contribution in [0.3, 0.4) is 0 Å². The molecule has 0 fully saturated rings. The Kier molecular flexibility index (Phi) is 7.21. The van der Waals surface area contributed by atoms with Gasteiger partial charge in [0.1, 0.15) is 5.25 Å². The van der Waals surface area contributed by atoms with E-state index in [4.69, 9.17) is 4.74 Å².